The van der Waals surface area contributed by atoms with Gasteiger partial charge in [0.2, 0.25) is 0 Å². The fraction of sp³-hybridized carbons (Fsp3) is 0.346. The minimum absolute atomic E-state index is 0.103. The Hall–Kier alpha value is -3.40. The number of rotatable bonds is 9. The van der Waals surface area contributed by atoms with Crippen molar-refractivity contribution in [1.82, 2.24) is 5.32 Å². The number of ether oxygens (including phenoxy) is 1. The van der Waals surface area contributed by atoms with Crippen molar-refractivity contribution in [2.45, 2.75) is 44.6 Å². The van der Waals surface area contributed by atoms with Gasteiger partial charge in [-0.25, -0.2) is 13.2 Å². The van der Waals surface area contributed by atoms with Gasteiger partial charge in [0.1, 0.15) is 11.6 Å². The number of ketones is 1. The van der Waals surface area contributed by atoms with Gasteiger partial charge in [-0.15, -0.1) is 11.3 Å². The summed E-state index contributed by atoms with van der Waals surface area (Å²) in [6, 6.07) is 7.56. The predicted molar refractivity (Wildman–Crippen MR) is 128 cm³/mol. The molecular formula is C26H24F3NO5S. The molecule has 1 saturated carbocycles. The van der Waals surface area contributed by atoms with Crippen LogP contribution in [0.25, 0.3) is 10.1 Å². The van der Waals surface area contributed by atoms with E-state index < -0.39 is 41.0 Å². The van der Waals surface area contributed by atoms with Gasteiger partial charge < -0.3 is 15.2 Å². The smallest absolute Gasteiger partial charge is 0.306 e. The second-order valence-electron chi connectivity index (χ2n) is 8.77. The minimum Gasteiger partial charge on any atom is -0.487 e. The van der Waals surface area contributed by atoms with Crippen molar-refractivity contribution in [1.29, 1.82) is 0 Å². The number of carbonyl (C=O) groups is 3. The average Bonchev–Trinajstić information content (AvgIpc) is 3.27. The summed E-state index contributed by atoms with van der Waals surface area (Å²) < 4.78 is 48.6. The van der Waals surface area contributed by atoms with E-state index in [9.17, 15) is 27.6 Å². The highest BCUT2D eigenvalue weighted by molar-refractivity contribution is 7.20. The van der Waals surface area contributed by atoms with Gasteiger partial charge in [-0.2, -0.15) is 0 Å². The summed E-state index contributed by atoms with van der Waals surface area (Å²) in [5, 5.41) is 12.5. The molecule has 1 aliphatic rings. The van der Waals surface area contributed by atoms with Crippen LogP contribution in [0, 0.1) is 23.4 Å². The molecule has 0 aliphatic heterocycles. The van der Waals surface area contributed by atoms with Gasteiger partial charge in [0, 0.05) is 23.7 Å². The summed E-state index contributed by atoms with van der Waals surface area (Å²) in [6.07, 6.45) is 1.34. The molecular weight excluding hydrogens is 495 g/mol. The maximum absolute atomic E-state index is 14.6. The van der Waals surface area contributed by atoms with Crippen LogP contribution in [0.2, 0.25) is 0 Å². The van der Waals surface area contributed by atoms with E-state index in [1.807, 2.05) is 0 Å². The van der Waals surface area contributed by atoms with Crippen LogP contribution in [0.15, 0.2) is 36.4 Å². The van der Waals surface area contributed by atoms with Crippen molar-refractivity contribution in [3.8, 4) is 5.75 Å². The number of amides is 1. The SMILES string of the molecule is O=C(NCCCC(=O)c1cc(F)c(OC2CCC(C(=O)O)CC2)cc1F)c1cc2ccc(F)cc2s1. The lowest BCUT2D eigenvalue weighted by atomic mass is 9.87. The molecule has 2 N–H and O–H groups in total. The van der Waals surface area contributed by atoms with Crippen molar-refractivity contribution in [3.63, 3.8) is 0 Å². The standard InChI is InChI=1S/C26H24F3NO5S/c27-16-6-3-15-10-24(36-23(15)11-16)25(32)30-9-1-2-21(31)18-12-20(29)22(13-19(18)28)35-17-7-4-14(5-8-17)26(33)34/h3,6,10-14,17H,1-2,4-5,7-9H2,(H,30,32)(H,33,34). The third-order valence-electron chi connectivity index (χ3n) is 6.21. The van der Waals surface area contributed by atoms with E-state index in [1.54, 1.807) is 12.1 Å². The second kappa shape index (κ2) is 11.1. The van der Waals surface area contributed by atoms with Crippen molar-refractivity contribution in [2.75, 3.05) is 6.54 Å². The predicted octanol–water partition coefficient (Wildman–Crippen LogP) is 5.73. The average molecular weight is 520 g/mol. The van der Waals surface area contributed by atoms with Crippen molar-refractivity contribution < 1.29 is 37.4 Å². The first kappa shape index (κ1) is 25.7. The number of aliphatic carboxylic acids is 1. The number of fused-ring (bicyclic) bond motifs is 1. The molecule has 6 nitrogen and oxygen atoms in total. The maximum Gasteiger partial charge on any atom is 0.306 e. The van der Waals surface area contributed by atoms with Gasteiger partial charge in [-0.05, 0) is 61.8 Å². The summed E-state index contributed by atoms with van der Waals surface area (Å²) >= 11 is 1.15. The number of hydrogen-bond acceptors (Lipinski definition) is 5. The topological polar surface area (TPSA) is 92.7 Å². The zero-order valence-electron chi connectivity index (χ0n) is 19.2. The van der Waals surface area contributed by atoms with Crippen LogP contribution in [0.3, 0.4) is 0 Å². The number of halogens is 3. The van der Waals surface area contributed by atoms with Crippen molar-refractivity contribution in [3.05, 3.63) is 64.3 Å². The fourth-order valence-electron chi connectivity index (χ4n) is 4.23. The molecule has 190 valence electrons. The molecule has 0 radical (unpaired) electrons. The van der Waals surface area contributed by atoms with Gasteiger partial charge in [0.15, 0.2) is 17.3 Å². The normalized spacial score (nSPS) is 17.6. The monoisotopic (exact) mass is 519 g/mol. The quantitative estimate of drug-likeness (QED) is 0.278. The zero-order valence-corrected chi connectivity index (χ0v) is 20.0. The first-order chi connectivity index (χ1) is 17.2. The fourth-order valence-corrected chi connectivity index (χ4v) is 5.23. The summed E-state index contributed by atoms with van der Waals surface area (Å²) in [5.41, 5.74) is -0.396. The van der Waals surface area contributed by atoms with E-state index in [0.717, 1.165) is 28.9 Å². The molecule has 0 unspecified atom stereocenters. The first-order valence-electron chi connectivity index (χ1n) is 11.6. The summed E-state index contributed by atoms with van der Waals surface area (Å²) in [7, 11) is 0. The van der Waals surface area contributed by atoms with Crippen molar-refractivity contribution in [2.24, 2.45) is 5.92 Å². The molecule has 1 aliphatic carbocycles. The molecule has 36 heavy (non-hydrogen) atoms. The number of hydrogen-bond donors (Lipinski definition) is 2. The minimum atomic E-state index is -0.905. The Labute approximate surface area is 209 Å². The number of carboxylic acid groups (broad SMARTS) is 1. The number of benzene rings is 2. The van der Waals surface area contributed by atoms with Crippen LogP contribution in [-0.4, -0.2) is 35.4 Å². The lowest BCUT2D eigenvalue weighted by molar-refractivity contribution is -0.143. The highest BCUT2D eigenvalue weighted by atomic mass is 32.1. The largest absolute Gasteiger partial charge is 0.487 e. The van der Waals surface area contributed by atoms with Gasteiger partial charge in [-0.3, -0.25) is 14.4 Å². The molecule has 2 aromatic carbocycles. The van der Waals surface area contributed by atoms with Gasteiger partial charge in [-0.1, -0.05) is 6.07 Å². The Bertz CT molecular complexity index is 1300. The van der Waals surface area contributed by atoms with Gasteiger partial charge >= 0.3 is 5.97 Å². The lowest BCUT2D eigenvalue weighted by Gasteiger charge is -2.27. The Balaban J connectivity index is 1.27. The van der Waals surface area contributed by atoms with E-state index in [2.05, 4.69) is 5.32 Å². The molecule has 4 rings (SSSR count). The van der Waals surface area contributed by atoms with Crippen LogP contribution in [0.1, 0.15) is 58.6 Å². The second-order valence-corrected chi connectivity index (χ2v) is 9.85. The van der Waals surface area contributed by atoms with E-state index in [1.165, 1.54) is 12.1 Å². The number of carboxylic acids is 1. The third kappa shape index (κ3) is 6.04. The highest BCUT2D eigenvalue weighted by Crippen LogP contribution is 2.30. The Morgan fingerprint density at radius 2 is 1.75 bits per heavy atom. The molecule has 1 aromatic heterocycles. The van der Waals surface area contributed by atoms with Crippen LogP contribution < -0.4 is 10.1 Å². The number of Topliss-reactive ketones (excluding diaryl/α,β-unsaturated/α-hetero) is 1. The molecule has 0 saturated heterocycles. The van der Waals surface area contributed by atoms with Gasteiger partial charge in [0.25, 0.3) is 5.91 Å². The number of carbonyl (C=O) groups excluding carboxylic acids is 2. The molecule has 0 spiro atoms. The van der Waals surface area contributed by atoms with E-state index in [-0.39, 0.29) is 36.9 Å². The van der Waals surface area contributed by atoms with Gasteiger partial charge in [0.05, 0.1) is 22.5 Å². The van der Waals surface area contributed by atoms with Crippen LogP contribution >= 0.6 is 11.3 Å². The molecule has 10 heteroatoms. The van der Waals surface area contributed by atoms with Crippen LogP contribution in [0.5, 0.6) is 5.75 Å². The molecule has 1 fully saturated rings. The van der Waals surface area contributed by atoms with Crippen LogP contribution in [-0.2, 0) is 4.79 Å². The highest BCUT2D eigenvalue weighted by Gasteiger charge is 2.28. The Morgan fingerprint density at radius 3 is 2.47 bits per heavy atom. The van der Waals surface area contributed by atoms with E-state index >= 15 is 0 Å². The summed E-state index contributed by atoms with van der Waals surface area (Å²) in [4.78, 5) is 36.2. The Kier molecular flexibility index (Phi) is 7.93. The molecule has 0 atom stereocenters. The molecule has 0 bridgehead atoms. The van der Waals surface area contributed by atoms with E-state index in [4.69, 9.17) is 9.84 Å². The summed E-state index contributed by atoms with van der Waals surface area (Å²) in [5.74, 6) is -4.76. The molecule has 3 aromatic rings. The zero-order chi connectivity index (χ0) is 25.8. The Morgan fingerprint density at radius 1 is 1.00 bits per heavy atom. The molecule has 1 heterocycles. The number of thiophene rings is 1. The lowest BCUT2D eigenvalue weighted by Crippen LogP contribution is -2.28. The maximum atomic E-state index is 14.6. The molecule has 1 amide bonds. The summed E-state index contributed by atoms with van der Waals surface area (Å²) in [6.45, 7) is 0.150. The first-order valence-corrected chi connectivity index (χ1v) is 12.4. The van der Waals surface area contributed by atoms with E-state index in [0.29, 0.717) is 35.3 Å². The third-order valence-corrected chi connectivity index (χ3v) is 7.31. The van der Waals surface area contributed by atoms with Crippen LogP contribution in [0.4, 0.5) is 13.2 Å². The number of nitrogens with one attached hydrogen (secondary N) is 1. The van der Waals surface area contributed by atoms with Crippen molar-refractivity contribution >= 4 is 39.1 Å².